The second kappa shape index (κ2) is 9.54. The van der Waals surface area contributed by atoms with Crippen molar-refractivity contribution < 1.29 is 24.2 Å². The summed E-state index contributed by atoms with van der Waals surface area (Å²) in [4.78, 5) is 43.9. The first kappa shape index (κ1) is 19.5. The molecule has 1 aromatic rings. The van der Waals surface area contributed by atoms with Crippen LogP contribution in [0.25, 0.3) is 0 Å². The molecule has 1 N–H and O–H groups in total. The normalized spacial score (nSPS) is 12.9. The number of hydrogen-bond acceptors (Lipinski definition) is 6. The van der Waals surface area contributed by atoms with Crippen molar-refractivity contribution in [2.45, 2.75) is 39.0 Å². The third kappa shape index (κ3) is 5.57. The van der Waals surface area contributed by atoms with Crippen molar-refractivity contribution in [2.24, 2.45) is 5.92 Å². The molecule has 24 heavy (non-hydrogen) atoms. The molecule has 0 aliphatic carbocycles. The Kier molecular flexibility index (Phi) is 7.74. The van der Waals surface area contributed by atoms with Gasteiger partial charge in [0.15, 0.2) is 5.92 Å². The maximum Gasteiger partial charge on any atom is 0.320 e. The first-order valence-corrected chi connectivity index (χ1v) is 7.71. The predicted molar refractivity (Wildman–Crippen MR) is 86.3 cm³/mol. The van der Waals surface area contributed by atoms with Gasteiger partial charge in [0.25, 0.3) is 0 Å². The van der Waals surface area contributed by atoms with Gasteiger partial charge in [0.1, 0.15) is 11.6 Å². The summed E-state index contributed by atoms with van der Waals surface area (Å²) in [6.07, 6.45) is 5.14. The highest BCUT2D eigenvalue weighted by molar-refractivity contribution is 5.96. The number of carbonyl (C=O) groups excluding carboxylic acids is 2. The van der Waals surface area contributed by atoms with Crippen LogP contribution in [0.4, 0.5) is 0 Å². The van der Waals surface area contributed by atoms with Crippen molar-refractivity contribution in [3.63, 3.8) is 0 Å². The Morgan fingerprint density at radius 3 is 2.46 bits per heavy atom. The number of ether oxygens (including phenoxy) is 1. The number of carboxylic acids is 1. The molecular weight excluding hydrogens is 312 g/mol. The van der Waals surface area contributed by atoms with E-state index in [2.05, 4.69) is 16.5 Å². The van der Waals surface area contributed by atoms with Gasteiger partial charge in [-0.2, -0.15) is 0 Å². The van der Waals surface area contributed by atoms with E-state index in [4.69, 9.17) is 4.74 Å². The minimum atomic E-state index is -1.48. The molecule has 2 unspecified atom stereocenters. The van der Waals surface area contributed by atoms with Gasteiger partial charge in [-0.05, 0) is 25.8 Å². The van der Waals surface area contributed by atoms with Crippen LogP contribution in [0.3, 0.4) is 0 Å². The monoisotopic (exact) mass is 334 g/mol. The van der Waals surface area contributed by atoms with Gasteiger partial charge in [-0.1, -0.05) is 6.08 Å². The Morgan fingerprint density at radius 1 is 1.33 bits per heavy atom. The Bertz CT molecular complexity index is 598. The number of carboxylic acid groups (broad SMARTS) is 1. The number of rotatable bonds is 10. The second-order valence-electron chi connectivity index (χ2n) is 5.31. The minimum Gasteiger partial charge on any atom is -0.481 e. The fourth-order valence-electron chi connectivity index (χ4n) is 2.30. The molecule has 0 saturated carbocycles. The molecule has 0 saturated heterocycles. The van der Waals surface area contributed by atoms with E-state index in [1.165, 1.54) is 12.4 Å². The van der Waals surface area contributed by atoms with E-state index < -0.39 is 23.8 Å². The number of aromatic nitrogens is 2. The number of carbonyl (C=O) groups is 3. The van der Waals surface area contributed by atoms with E-state index in [1.807, 2.05) is 0 Å². The molecule has 0 aromatic carbocycles. The summed E-state index contributed by atoms with van der Waals surface area (Å²) in [6, 6.07) is 0. The predicted octanol–water partition coefficient (Wildman–Crippen LogP) is 2.06. The lowest BCUT2D eigenvalue weighted by molar-refractivity contribution is -0.159. The summed E-state index contributed by atoms with van der Waals surface area (Å²) < 4.78 is 4.87. The number of Topliss-reactive ketones (excluding diaryl/α,β-unsaturated/α-hetero) is 1. The third-order valence-electron chi connectivity index (χ3n) is 3.51. The van der Waals surface area contributed by atoms with E-state index in [9.17, 15) is 19.5 Å². The van der Waals surface area contributed by atoms with E-state index >= 15 is 0 Å². The number of nitrogens with zero attached hydrogens (tertiary/aromatic N) is 2. The van der Waals surface area contributed by atoms with Crippen molar-refractivity contribution in [2.75, 3.05) is 6.61 Å². The maximum absolute atomic E-state index is 12.1. The zero-order valence-corrected chi connectivity index (χ0v) is 13.9. The lowest BCUT2D eigenvalue weighted by Crippen LogP contribution is -2.33. The molecular formula is C17H22N2O5. The molecule has 0 aliphatic heterocycles. The molecule has 130 valence electrons. The molecule has 2 atom stereocenters. The highest BCUT2D eigenvalue weighted by atomic mass is 16.5. The number of allylic oxidation sites excluding steroid dienone is 1. The molecule has 0 fully saturated rings. The van der Waals surface area contributed by atoms with Gasteiger partial charge in [-0.25, -0.2) is 9.97 Å². The number of ketones is 1. The molecule has 0 amide bonds. The van der Waals surface area contributed by atoms with Gasteiger partial charge < -0.3 is 9.84 Å². The number of hydrogen-bond donors (Lipinski definition) is 1. The standard InChI is InChI=1S/C17H22N2O5/c1-4-6-7-13(20)8-14(12-9-18-11(3)19-10-12)15(16(21)22)17(23)24-5-2/h4,9-10,14-15H,1,5-8H2,2-3H3,(H,21,22). The molecule has 7 nitrogen and oxygen atoms in total. The summed E-state index contributed by atoms with van der Waals surface area (Å²) >= 11 is 0. The average molecular weight is 334 g/mol. The summed E-state index contributed by atoms with van der Waals surface area (Å²) in [5.74, 6) is -4.21. The van der Waals surface area contributed by atoms with Crippen molar-refractivity contribution in [1.29, 1.82) is 0 Å². The van der Waals surface area contributed by atoms with Gasteiger partial charge >= 0.3 is 11.9 Å². The smallest absolute Gasteiger partial charge is 0.320 e. The maximum atomic E-state index is 12.1. The molecule has 0 spiro atoms. The van der Waals surface area contributed by atoms with Gasteiger partial charge in [0.2, 0.25) is 0 Å². The minimum absolute atomic E-state index is 0.0597. The lowest BCUT2D eigenvalue weighted by atomic mass is 9.83. The van der Waals surface area contributed by atoms with Crippen molar-refractivity contribution in [1.82, 2.24) is 9.97 Å². The van der Waals surface area contributed by atoms with E-state index in [0.29, 0.717) is 17.8 Å². The molecule has 7 heteroatoms. The lowest BCUT2D eigenvalue weighted by Gasteiger charge is -2.22. The summed E-state index contributed by atoms with van der Waals surface area (Å²) in [6.45, 7) is 6.90. The highest BCUT2D eigenvalue weighted by Gasteiger charge is 2.38. The average Bonchev–Trinajstić information content (AvgIpc) is 2.53. The van der Waals surface area contributed by atoms with Crippen LogP contribution in [0.5, 0.6) is 0 Å². The Labute approximate surface area is 140 Å². The second-order valence-corrected chi connectivity index (χ2v) is 5.31. The van der Waals surface area contributed by atoms with E-state index in [0.717, 1.165) is 0 Å². The van der Waals surface area contributed by atoms with Crippen molar-refractivity contribution >= 4 is 17.7 Å². The Hall–Kier alpha value is -2.57. The molecule has 1 heterocycles. The largest absolute Gasteiger partial charge is 0.481 e. The van der Waals surface area contributed by atoms with Crippen LogP contribution < -0.4 is 0 Å². The summed E-state index contributed by atoms with van der Waals surface area (Å²) in [5, 5.41) is 9.48. The van der Waals surface area contributed by atoms with Gasteiger partial charge in [0.05, 0.1) is 6.61 Å². The summed E-state index contributed by atoms with van der Waals surface area (Å²) in [5.41, 5.74) is 0.424. The van der Waals surface area contributed by atoms with E-state index in [-0.39, 0.29) is 25.2 Å². The Morgan fingerprint density at radius 2 is 1.96 bits per heavy atom. The quantitative estimate of drug-likeness (QED) is 0.396. The number of esters is 1. The van der Waals surface area contributed by atoms with Crippen LogP contribution >= 0.6 is 0 Å². The molecule has 0 bridgehead atoms. The zero-order chi connectivity index (χ0) is 18.1. The first-order chi connectivity index (χ1) is 11.4. The van der Waals surface area contributed by atoms with Crippen LogP contribution in [-0.2, 0) is 19.1 Å². The SMILES string of the molecule is C=CCCC(=O)CC(c1cnc(C)nc1)C(C(=O)O)C(=O)OCC. The van der Waals surface area contributed by atoms with Gasteiger partial charge in [-0.3, -0.25) is 14.4 Å². The Balaban J connectivity index is 3.16. The zero-order valence-electron chi connectivity index (χ0n) is 13.9. The molecule has 1 aromatic heterocycles. The first-order valence-electron chi connectivity index (χ1n) is 7.71. The highest BCUT2D eigenvalue weighted by Crippen LogP contribution is 2.30. The van der Waals surface area contributed by atoms with E-state index in [1.54, 1.807) is 19.9 Å². The van der Waals surface area contributed by atoms with Crippen molar-refractivity contribution in [3.05, 3.63) is 36.4 Å². The number of aryl methyl sites for hydroxylation is 1. The van der Waals surface area contributed by atoms with Crippen LogP contribution in [0.1, 0.15) is 43.5 Å². The molecule has 0 aliphatic rings. The number of aliphatic carboxylic acids is 1. The fourth-order valence-corrected chi connectivity index (χ4v) is 2.30. The van der Waals surface area contributed by atoms with Gasteiger partial charge in [0, 0.05) is 31.2 Å². The molecule has 1 rings (SSSR count). The van der Waals surface area contributed by atoms with Crippen molar-refractivity contribution in [3.8, 4) is 0 Å². The van der Waals surface area contributed by atoms with Crippen LogP contribution in [-0.4, -0.2) is 39.4 Å². The fraction of sp³-hybridized carbons (Fsp3) is 0.471. The topological polar surface area (TPSA) is 106 Å². The van der Waals surface area contributed by atoms with Crippen LogP contribution in [0.15, 0.2) is 25.0 Å². The summed E-state index contributed by atoms with van der Waals surface area (Å²) in [7, 11) is 0. The van der Waals surface area contributed by atoms with Crippen LogP contribution in [0.2, 0.25) is 0 Å². The molecule has 0 radical (unpaired) electrons. The third-order valence-corrected chi connectivity index (χ3v) is 3.51. The van der Waals surface area contributed by atoms with Crippen LogP contribution in [0, 0.1) is 12.8 Å². The van der Waals surface area contributed by atoms with Gasteiger partial charge in [-0.15, -0.1) is 6.58 Å².